The van der Waals surface area contributed by atoms with Gasteiger partial charge in [0.15, 0.2) is 0 Å². The second kappa shape index (κ2) is 8.56. The molecule has 5 heteroatoms. The van der Waals surface area contributed by atoms with E-state index in [9.17, 15) is 0 Å². The zero-order valence-electron chi connectivity index (χ0n) is 14.3. The summed E-state index contributed by atoms with van der Waals surface area (Å²) in [6.45, 7) is 5.36. The van der Waals surface area contributed by atoms with E-state index >= 15 is 0 Å². The topological polar surface area (TPSA) is 37.9 Å². The maximum absolute atomic E-state index is 6.08. The van der Waals surface area contributed by atoms with Crippen LogP contribution in [-0.2, 0) is 18.0 Å². The van der Waals surface area contributed by atoms with Gasteiger partial charge in [-0.05, 0) is 29.7 Å². The third-order valence-corrected chi connectivity index (χ3v) is 4.91. The number of hydrogen-bond acceptors (Lipinski definition) is 3. The molecule has 0 aliphatic heterocycles. The first-order valence-corrected chi connectivity index (χ1v) is 9.45. The molecule has 25 heavy (non-hydrogen) atoms. The normalized spacial score (nSPS) is 11.2. The number of aromatic nitrogens is 2. The van der Waals surface area contributed by atoms with Crippen molar-refractivity contribution in [2.24, 2.45) is 0 Å². The SMILES string of the molecule is CC(C)c1[nH]c(COCc2ccccc2)nc1Sc1cccc(Cl)c1. The van der Waals surface area contributed by atoms with Gasteiger partial charge in [-0.2, -0.15) is 0 Å². The zero-order chi connectivity index (χ0) is 17.6. The van der Waals surface area contributed by atoms with Crippen LogP contribution >= 0.6 is 23.4 Å². The molecule has 0 saturated heterocycles. The van der Waals surface area contributed by atoms with Crippen molar-refractivity contribution in [3.63, 3.8) is 0 Å². The van der Waals surface area contributed by atoms with Gasteiger partial charge in [-0.25, -0.2) is 4.98 Å². The predicted octanol–water partition coefficient (Wildman–Crippen LogP) is 6.05. The number of imidazole rings is 1. The summed E-state index contributed by atoms with van der Waals surface area (Å²) in [7, 11) is 0. The van der Waals surface area contributed by atoms with Gasteiger partial charge in [0.05, 0.1) is 12.3 Å². The van der Waals surface area contributed by atoms with Crippen LogP contribution in [0.25, 0.3) is 0 Å². The van der Waals surface area contributed by atoms with Crippen LogP contribution in [-0.4, -0.2) is 9.97 Å². The summed E-state index contributed by atoms with van der Waals surface area (Å²) in [6.07, 6.45) is 0. The Bertz CT molecular complexity index is 818. The average molecular weight is 373 g/mol. The molecule has 0 spiro atoms. The first-order chi connectivity index (χ1) is 12.1. The summed E-state index contributed by atoms with van der Waals surface area (Å²) >= 11 is 7.71. The zero-order valence-corrected chi connectivity index (χ0v) is 15.9. The number of hydrogen-bond donors (Lipinski definition) is 1. The van der Waals surface area contributed by atoms with Gasteiger partial charge in [0.2, 0.25) is 0 Å². The minimum atomic E-state index is 0.358. The van der Waals surface area contributed by atoms with Crippen LogP contribution in [0.2, 0.25) is 5.02 Å². The van der Waals surface area contributed by atoms with Gasteiger partial charge in [-0.15, -0.1) is 0 Å². The number of halogens is 1. The van der Waals surface area contributed by atoms with E-state index in [4.69, 9.17) is 21.3 Å². The lowest BCUT2D eigenvalue weighted by molar-refractivity contribution is 0.102. The Morgan fingerprint density at radius 1 is 1.08 bits per heavy atom. The van der Waals surface area contributed by atoms with E-state index in [0.29, 0.717) is 19.1 Å². The standard InChI is InChI=1S/C20H21ClN2OS/c1-14(2)19-20(25-17-10-6-9-16(21)11-17)23-18(22-19)13-24-12-15-7-4-3-5-8-15/h3-11,14H,12-13H2,1-2H3,(H,22,23). The molecule has 3 aromatic rings. The van der Waals surface area contributed by atoms with Crippen LogP contribution in [0.5, 0.6) is 0 Å². The Morgan fingerprint density at radius 2 is 1.88 bits per heavy atom. The van der Waals surface area contributed by atoms with Crippen LogP contribution in [0.1, 0.15) is 36.8 Å². The number of nitrogens with one attached hydrogen (secondary N) is 1. The van der Waals surface area contributed by atoms with Gasteiger partial charge >= 0.3 is 0 Å². The van der Waals surface area contributed by atoms with Crippen molar-refractivity contribution in [2.45, 2.75) is 42.9 Å². The van der Waals surface area contributed by atoms with E-state index in [0.717, 1.165) is 32.0 Å². The Morgan fingerprint density at radius 3 is 2.60 bits per heavy atom. The van der Waals surface area contributed by atoms with Crippen LogP contribution in [0, 0.1) is 0 Å². The van der Waals surface area contributed by atoms with Crippen LogP contribution < -0.4 is 0 Å². The van der Waals surface area contributed by atoms with Crippen molar-refractivity contribution < 1.29 is 4.74 Å². The van der Waals surface area contributed by atoms with Gasteiger partial charge in [-0.1, -0.05) is 73.6 Å². The number of aromatic amines is 1. The van der Waals surface area contributed by atoms with E-state index in [1.54, 1.807) is 11.8 Å². The molecular formula is C20H21ClN2OS. The Labute approximate surface area is 157 Å². The van der Waals surface area contributed by atoms with Crippen molar-refractivity contribution in [1.82, 2.24) is 9.97 Å². The summed E-state index contributed by atoms with van der Waals surface area (Å²) < 4.78 is 5.80. The van der Waals surface area contributed by atoms with Crippen molar-refractivity contribution >= 4 is 23.4 Å². The smallest absolute Gasteiger partial charge is 0.133 e. The highest BCUT2D eigenvalue weighted by molar-refractivity contribution is 7.99. The van der Waals surface area contributed by atoms with Gasteiger partial charge in [0, 0.05) is 9.92 Å². The van der Waals surface area contributed by atoms with Crippen LogP contribution in [0.3, 0.4) is 0 Å². The fraction of sp³-hybridized carbons (Fsp3) is 0.250. The number of ether oxygens (including phenoxy) is 1. The lowest BCUT2D eigenvalue weighted by Crippen LogP contribution is -1.96. The number of benzene rings is 2. The molecule has 0 aliphatic carbocycles. The molecule has 1 aromatic heterocycles. The molecule has 0 aliphatic rings. The van der Waals surface area contributed by atoms with Gasteiger partial charge in [0.1, 0.15) is 17.5 Å². The molecule has 3 nitrogen and oxygen atoms in total. The number of H-pyrrole nitrogens is 1. The number of nitrogens with zero attached hydrogens (tertiary/aromatic N) is 1. The van der Waals surface area contributed by atoms with E-state index in [2.05, 4.69) is 31.0 Å². The fourth-order valence-corrected chi connectivity index (χ4v) is 3.80. The van der Waals surface area contributed by atoms with Gasteiger partial charge in [-0.3, -0.25) is 0 Å². The highest BCUT2D eigenvalue weighted by Crippen LogP contribution is 2.33. The molecule has 1 N–H and O–H groups in total. The molecule has 3 rings (SSSR count). The summed E-state index contributed by atoms with van der Waals surface area (Å²) in [5, 5.41) is 1.72. The van der Waals surface area contributed by atoms with Gasteiger partial charge < -0.3 is 9.72 Å². The molecule has 0 radical (unpaired) electrons. The first kappa shape index (κ1) is 18.1. The largest absolute Gasteiger partial charge is 0.369 e. The number of rotatable bonds is 7. The third kappa shape index (κ3) is 5.11. The molecule has 2 aromatic carbocycles. The summed E-state index contributed by atoms with van der Waals surface area (Å²) in [6, 6.07) is 18.0. The molecule has 0 amide bonds. The quantitative estimate of drug-likeness (QED) is 0.548. The van der Waals surface area contributed by atoms with E-state index in [-0.39, 0.29) is 0 Å². The predicted molar refractivity (Wildman–Crippen MR) is 103 cm³/mol. The summed E-state index contributed by atoms with van der Waals surface area (Å²) in [5.74, 6) is 1.21. The second-order valence-corrected chi connectivity index (χ2v) is 7.59. The highest BCUT2D eigenvalue weighted by Gasteiger charge is 2.15. The second-order valence-electron chi connectivity index (χ2n) is 6.09. The first-order valence-electron chi connectivity index (χ1n) is 8.25. The molecular weight excluding hydrogens is 352 g/mol. The monoisotopic (exact) mass is 372 g/mol. The lowest BCUT2D eigenvalue weighted by atomic mass is 10.2. The maximum atomic E-state index is 6.08. The Hall–Kier alpha value is -1.75. The maximum Gasteiger partial charge on any atom is 0.133 e. The molecule has 0 unspecified atom stereocenters. The fourth-order valence-electron chi connectivity index (χ4n) is 2.44. The molecule has 0 saturated carbocycles. The Kier molecular flexibility index (Phi) is 6.19. The summed E-state index contributed by atoms with van der Waals surface area (Å²) in [4.78, 5) is 9.22. The minimum Gasteiger partial charge on any atom is -0.369 e. The van der Waals surface area contributed by atoms with E-state index in [1.165, 1.54) is 0 Å². The summed E-state index contributed by atoms with van der Waals surface area (Å²) in [5.41, 5.74) is 2.29. The van der Waals surface area contributed by atoms with Crippen molar-refractivity contribution in [2.75, 3.05) is 0 Å². The van der Waals surface area contributed by atoms with E-state index < -0.39 is 0 Å². The average Bonchev–Trinajstić information content (AvgIpc) is 2.99. The van der Waals surface area contributed by atoms with E-state index in [1.807, 2.05) is 42.5 Å². The molecule has 1 heterocycles. The van der Waals surface area contributed by atoms with Crippen molar-refractivity contribution in [3.05, 3.63) is 76.7 Å². The molecule has 130 valence electrons. The Balaban J connectivity index is 1.69. The molecule has 0 fully saturated rings. The minimum absolute atomic E-state index is 0.358. The molecule has 0 bridgehead atoms. The van der Waals surface area contributed by atoms with Crippen molar-refractivity contribution in [3.8, 4) is 0 Å². The highest BCUT2D eigenvalue weighted by atomic mass is 35.5. The lowest BCUT2D eigenvalue weighted by Gasteiger charge is -2.05. The van der Waals surface area contributed by atoms with Crippen molar-refractivity contribution in [1.29, 1.82) is 0 Å². The van der Waals surface area contributed by atoms with Crippen LogP contribution in [0.15, 0.2) is 64.5 Å². The van der Waals surface area contributed by atoms with Crippen LogP contribution in [0.4, 0.5) is 0 Å². The van der Waals surface area contributed by atoms with Gasteiger partial charge in [0.25, 0.3) is 0 Å². The third-order valence-electron chi connectivity index (χ3n) is 3.68. The molecule has 0 atom stereocenters.